The largest absolute Gasteiger partial charge is 0.490 e. The summed E-state index contributed by atoms with van der Waals surface area (Å²) < 4.78 is 11.8. The van der Waals surface area contributed by atoms with Crippen LogP contribution in [0.2, 0.25) is 0 Å². The topological polar surface area (TPSA) is 30.5 Å². The molecule has 0 radical (unpaired) electrons. The van der Waals surface area contributed by atoms with E-state index in [0.717, 1.165) is 36.9 Å². The molecule has 0 aromatic heterocycles. The predicted molar refractivity (Wildman–Crippen MR) is 82.4 cm³/mol. The molecule has 3 heteroatoms. The third kappa shape index (κ3) is 4.55. The predicted octanol–water partition coefficient (Wildman–Crippen LogP) is 3.77. The van der Waals surface area contributed by atoms with Gasteiger partial charge in [0, 0.05) is 13.0 Å². The Morgan fingerprint density at radius 3 is 2.70 bits per heavy atom. The van der Waals surface area contributed by atoms with Crippen molar-refractivity contribution in [3.05, 3.63) is 23.7 Å². The second-order valence-corrected chi connectivity index (χ2v) is 5.85. The maximum atomic E-state index is 6.03. The van der Waals surface area contributed by atoms with Gasteiger partial charge in [-0.2, -0.15) is 0 Å². The fourth-order valence-corrected chi connectivity index (χ4v) is 3.04. The van der Waals surface area contributed by atoms with Crippen molar-refractivity contribution >= 4 is 0 Å². The molecule has 2 aliphatic rings. The van der Waals surface area contributed by atoms with E-state index >= 15 is 0 Å². The SMILES string of the molecule is C/C=C\C1=C(CC)OCC(CNCC2CCCCC2)O1. The van der Waals surface area contributed by atoms with Crippen molar-refractivity contribution < 1.29 is 9.47 Å². The summed E-state index contributed by atoms with van der Waals surface area (Å²) in [5, 5.41) is 3.57. The van der Waals surface area contributed by atoms with Crippen LogP contribution in [0, 0.1) is 5.92 Å². The van der Waals surface area contributed by atoms with Crippen molar-refractivity contribution in [2.45, 2.75) is 58.5 Å². The lowest BCUT2D eigenvalue weighted by molar-refractivity contribution is 0.000442. The molecule has 3 nitrogen and oxygen atoms in total. The first kappa shape index (κ1) is 15.4. The van der Waals surface area contributed by atoms with E-state index in [1.807, 2.05) is 19.1 Å². The Morgan fingerprint density at radius 1 is 1.20 bits per heavy atom. The van der Waals surface area contributed by atoms with Gasteiger partial charge in [0.25, 0.3) is 0 Å². The van der Waals surface area contributed by atoms with Gasteiger partial charge in [0.1, 0.15) is 18.5 Å². The van der Waals surface area contributed by atoms with Crippen molar-refractivity contribution in [1.29, 1.82) is 0 Å². The smallest absolute Gasteiger partial charge is 0.157 e. The monoisotopic (exact) mass is 279 g/mol. The van der Waals surface area contributed by atoms with Crippen LogP contribution in [0.25, 0.3) is 0 Å². The molecule has 0 saturated heterocycles. The second-order valence-electron chi connectivity index (χ2n) is 5.85. The molecule has 0 bridgehead atoms. The number of hydrogen-bond acceptors (Lipinski definition) is 3. The molecule has 1 saturated carbocycles. The van der Waals surface area contributed by atoms with Crippen LogP contribution in [0.15, 0.2) is 23.7 Å². The summed E-state index contributed by atoms with van der Waals surface area (Å²) in [6.07, 6.45) is 12.1. The molecule has 0 aromatic carbocycles. The standard InChI is InChI=1S/C17H29NO2/c1-3-8-17-16(4-2)19-13-15(20-17)12-18-11-14-9-6-5-7-10-14/h3,8,14-15,18H,4-7,9-13H2,1-2H3/b8-3-. The molecule has 20 heavy (non-hydrogen) atoms. The fraction of sp³-hybridized carbons (Fsp3) is 0.765. The molecule has 1 N–H and O–H groups in total. The Morgan fingerprint density at radius 2 is 2.00 bits per heavy atom. The van der Waals surface area contributed by atoms with Crippen LogP contribution in [0.4, 0.5) is 0 Å². The van der Waals surface area contributed by atoms with Crippen molar-refractivity contribution in [3.8, 4) is 0 Å². The summed E-state index contributed by atoms with van der Waals surface area (Å²) in [6, 6.07) is 0. The molecule has 1 heterocycles. The molecule has 1 atom stereocenters. The highest BCUT2D eigenvalue weighted by Crippen LogP contribution is 2.23. The van der Waals surface area contributed by atoms with Gasteiger partial charge < -0.3 is 14.8 Å². The van der Waals surface area contributed by atoms with Gasteiger partial charge in [-0.05, 0) is 38.3 Å². The lowest BCUT2D eigenvalue weighted by atomic mass is 9.89. The highest BCUT2D eigenvalue weighted by atomic mass is 16.6. The molecule has 1 aliphatic heterocycles. The van der Waals surface area contributed by atoms with E-state index in [1.54, 1.807) is 0 Å². The van der Waals surface area contributed by atoms with E-state index in [0.29, 0.717) is 6.61 Å². The van der Waals surface area contributed by atoms with Crippen LogP contribution in [0.5, 0.6) is 0 Å². The normalized spacial score (nSPS) is 24.8. The Hall–Kier alpha value is -0.960. The van der Waals surface area contributed by atoms with E-state index in [1.165, 1.54) is 32.1 Å². The van der Waals surface area contributed by atoms with Crippen LogP contribution in [0.1, 0.15) is 52.4 Å². The van der Waals surface area contributed by atoms with E-state index in [-0.39, 0.29) is 6.10 Å². The van der Waals surface area contributed by atoms with Crippen molar-refractivity contribution in [1.82, 2.24) is 5.32 Å². The first-order valence-corrected chi connectivity index (χ1v) is 8.19. The highest BCUT2D eigenvalue weighted by Gasteiger charge is 2.21. The van der Waals surface area contributed by atoms with Crippen LogP contribution in [0.3, 0.4) is 0 Å². The zero-order chi connectivity index (χ0) is 14.2. The summed E-state index contributed by atoms with van der Waals surface area (Å²) in [6.45, 7) is 6.79. The fourth-order valence-electron chi connectivity index (χ4n) is 3.04. The van der Waals surface area contributed by atoms with E-state index in [4.69, 9.17) is 9.47 Å². The average molecular weight is 279 g/mol. The first-order valence-electron chi connectivity index (χ1n) is 8.19. The molecule has 1 unspecified atom stereocenters. The molecule has 114 valence electrons. The van der Waals surface area contributed by atoms with E-state index in [2.05, 4.69) is 12.2 Å². The van der Waals surface area contributed by atoms with Crippen LogP contribution in [-0.2, 0) is 9.47 Å². The van der Waals surface area contributed by atoms with E-state index < -0.39 is 0 Å². The molecule has 2 rings (SSSR count). The minimum absolute atomic E-state index is 0.139. The van der Waals surface area contributed by atoms with Gasteiger partial charge in [0.2, 0.25) is 0 Å². The zero-order valence-electron chi connectivity index (χ0n) is 13.0. The van der Waals surface area contributed by atoms with Crippen LogP contribution >= 0.6 is 0 Å². The first-order chi connectivity index (χ1) is 9.83. The molecular weight excluding hydrogens is 250 g/mol. The minimum Gasteiger partial charge on any atom is -0.490 e. The summed E-state index contributed by atoms with van der Waals surface area (Å²) >= 11 is 0. The summed E-state index contributed by atoms with van der Waals surface area (Å²) in [5.41, 5.74) is 0. The summed E-state index contributed by atoms with van der Waals surface area (Å²) in [7, 11) is 0. The number of ether oxygens (including phenoxy) is 2. The molecule has 1 fully saturated rings. The zero-order valence-corrected chi connectivity index (χ0v) is 13.0. The summed E-state index contributed by atoms with van der Waals surface area (Å²) in [5.74, 6) is 2.75. The van der Waals surface area contributed by atoms with Gasteiger partial charge in [-0.3, -0.25) is 0 Å². The Kier molecular flexibility index (Phi) is 6.44. The molecule has 1 aliphatic carbocycles. The van der Waals surface area contributed by atoms with E-state index in [9.17, 15) is 0 Å². The Labute approximate surface area is 123 Å². The van der Waals surface area contributed by atoms with Gasteiger partial charge in [0.05, 0.1) is 0 Å². The summed E-state index contributed by atoms with van der Waals surface area (Å²) in [4.78, 5) is 0. The number of nitrogens with one attached hydrogen (secondary N) is 1. The Balaban J connectivity index is 1.73. The molecular formula is C17H29NO2. The number of hydrogen-bond donors (Lipinski definition) is 1. The number of rotatable bonds is 6. The maximum Gasteiger partial charge on any atom is 0.157 e. The van der Waals surface area contributed by atoms with Gasteiger partial charge in [-0.25, -0.2) is 0 Å². The van der Waals surface area contributed by atoms with Crippen LogP contribution in [-0.4, -0.2) is 25.8 Å². The maximum absolute atomic E-state index is 6.03. The van der Waals surface area contributed by atoms with Crippen LogP contribution < -0.4 is 5.32 Å². The lowest BCUT2D eigenvalue weighted by Gasteiger charge is -2.29. The molecule has 0 amide bonds. The highest BCUT2D eigenvalue weighted by molar-refractivity contribution is 5.17. The van der Waals surface area contributed by atoms with Crippen molar-refractivity contribution in [2.24, 2.45) is 5.92 Å². The quantitative estimate of drug-likeness (QED) is 0.803. The minimum atomic E-state index is 0.139. The van der Waals surface area contributed by atoms with Crippen molar-refractivity contribution in [2.75, 3.05) is 19.7 Å². The second kappa shape index (κ2) is 8.35. The van der Waals surface area contributed by atoms with Gasteiger partial charge in [0.15, 0.2) is 5.76 Å². The molecule has 0 spiro atoms. The third-order valence-electron chi connectivity index (χ3n) is 4.18. The Bertz CT molecular complexity index is 343. The lowest BCUT2D eigenvalue weighted by Crippen LogP contribution is -2.37. The number of allylic oxidation sites excluding steroid dienone is 3. The van der Waals surface area contributed by atoms with Gasteiger partial charge >= 0.3 is 0 Å². The van der Waals surface area contributed by atoms with Gasteiger partial charge in [-0.15, -0.1) is 0 Å². The molecule has 0 aromatic rings. The van der Waals surface area contributed by atoms with Gasteiger partial charge in [-0.1, -0.05) is 32.3 Å². The van der Waals surface area contributed by atoms with Crippen molar-refractivity contribution in [3.63, 3.8) is 0 Å². The average Bonchev–Trinajstić information content (AvgIpc) is 2.49. The third-order valence-corrected chi connectivity index (χ3v) is 4.18.